The van der Waals surface area contributed by atoms with Crippen molar-refractivity contribution in [3.63, 3.8) is 0 Å². The third kappa shape index (κ3) is 3.26. The molecule has 2 aliphatic rings. The van der Waals surface area contributed by atoms with Gasteiger partial charge in [-0.15, -0.1) is 0 Å². The lowest BCUT2D eigenvalue weighted by Crippen LogP contribution is -2.52. The van der Waals surface area contributed by atoms with E-state index in [1.165, 1.54) is 0 Å². The third-order valence-electron chi connectivity index (χ3n) is 4.26. The van der Waals surface area contributed by atoms with Crippen molar-refractivity contribution in [1.82, 2.24) is 4.90 Å². The van der Waals surface area contributed by atoms with Crippen LogP contribution < -0.4 is 0 Å². The molecule has 4 atom stereocenters. The van der Waals surface area contributed by atoms with E-state index in [0.717, 1.165) is 12.8 Å². The van der Waals surface area contributed by atoms with Crippen LogP contribution in [-0.2, 0) is 14.3 Å². The molecule has 1 saturated carbocycles. The Hall–Kier alpha value is -1.10. The van der Waals surface area contributed by atoms with Crippen LogP contribution >= 0.6 is 0 Å². The van der Waals surface area contributed by atoms with Crippen LogP contribution in [-0.4, -0.2) is 47.2 Å². The lowest BCUT2D eigenvalue weighted by molar-refractivity contribution is -0.151. The van der Waals surface area contributed by atoms with Gasteiger partial charge in [-0.1, -0.05) is 6.42 Å². The number of amides is 1. The first kappa shape index (κ1) is 14.3. The van der Waals surface area contributed by atoms with Crippen molar-refractivity contribution >= 4 is 11.9 Å². The number of aliphatic carboxylic acids is 1. The van der Waals surface area contributed by atoms with E-state index in [2.05, 4.69) is 0 Å². The van der Waals surface area contributed by atoms with E-state index >= 15 is 0 Å². The smallest absolute Gasteiger partial charge is 0.306 e. The van der Waals surface area contributed by atoms with E-state index < -0.39 is 5.97 Å². The molecule has 0 spiro atoms. The minimum Gasteiger partial charge on any atom is -0.481 e. The minimum atomic E-state index is -0.763. The molecule has 1 saturated heterocycles. The Morgan fingerprint density at radius 2 is 1.89 bits per heavy atom. The summed E-state index contributed by atoms with van der Waals surface area (Å²) in [4.78, 5) is 25.5. The Balaban J connectivity index is 2.00. The molecule has 0 radical (unpaired) electrons. The van der Waals surface area contributed by atoms with E-state index in [-0.39, 0.29) is 29.9 Å². The number of morpholine rings is 1. The molecule has 2 fully saturated rings. The summed E-state index contributed by atoms with van der Waals surface area (Å²) in [6, 6.07) is 0.0916. The molecule has 0 aromatic heterocycles. The average Bonchev–Trinajstić information content (AvgIpc) is 2.41. The van der Waals surface area contributed by atoms with Crippen LogP contribution in [0.5, 0.6) is 0 Å². The minimum absolute atomic E-state index is 0.0685. The van der Waals surface area contributed by atoms with Gasteiger partial charge in [-0.2, -0.15) is 0 Å². The molecular weight excluding hydrogens is 246 g/mol. The van der Waals surface area contributed by atoms with Crippen molar-refractivity contribution in [2.75, 3.05) is 13.2 Å². The lowest BCUT2D eigenvalue weighted by atomic mass is 9.80. The number of carboxylic acids is 1. The highest BCUT2D eigenvalue weighted by Crippen LogP contribution is 2.31. The molecule has 108 valence electrons. The molecule has 0 aromatic rings. The fraction of sp³-hybridized carbons (Fsp3) is 0.857. The van der Waals surface area contributed by atoms with Crippen LogP contribution in [0.15, 0.2) is 0 Å². The van der Waals surface area contributed by atoms with E-state index in [9.17, 15) is 9.59 Å². The second kappa shape index (κ2) is 5.90. The largest absolute Gasteiger partial charge is 0.481 e. The first-order valence-corrected chi connectivity index (χ1v) is 7.14. The number of carbonyl (C=O) groups excluding carboxylic acids is 1. The van der Waals surface area contributed by atoms with Crippen molar-refractivity contribution in [1.29, 1.82) is 0 Å². The highest BCUT2D eigenvalue weighted by atomic mass is 16.5. The average molecular weight is 269 g/mol. The number of rotatable bonds is 2. The van der Waals surface area contributed by atoms with Crippen LogP contribution in [0.3, 0.4) is 0 Å². The van der Waals surface area contributed by atoms with Crippen molar-refractivity contribution < 1.29 is 19.4 Å². The first-order chi connectivity index (χ1) is 8.99. The Kier molecular flexibility index (Phi) is 4.45. The second-order valence-electron chi connectivity index (χ2n) is 5.88. The Labute approximate surface area is 113 Å². The fourth-order valence-electron chi connectivity index (χ4n) is 3.08. The Bertz CT molecular complexity index is 357. The maximum Gasteiger partial charge on any atom is 0.306 e. The molecule has 5 heteroatoms. The molecule has 5 nitrogen and oxygen atoms in total. The summed E-state index contributed by atoms with van der Waals surface area (Å²) in [5, 5.41) is 9.10. The van der Waals surface area contributed by atoms with Crippen LogP contribution in [0.25, 0.3) is 0 Å². The summed E-state index contributed by atoms with van der Waals surface area (Å²) in [7, 11) is 0. The van der Waals surface area contributed by atoms with E-state index in [0.29, 0.717) is 26.0 Å². The van der Waals surface area contributed by atoms with Crippen molar-refractivity contribution in [3.05, 3.63) is 0 Å². The van der Waals surface area contributed by atoms with E-state index in [1.807, 2.05) is 18.7 Å². The van der Waals surface area contributed by atoms with Gasteiger partial charge in [-0.3, -0.25) is 9.59 Å². The van der Waals surface area contributed by atoms with Gasteiger partial charge in [0.2, 0.25) is 5.91 Å². The maximum atomic E-state index is 12.6. The molecule has 1 amide bonds. The molecule has 2 rings (SSSR count). The maximum absolute atomic E-state index is 12.6. The molecule has 19 heavy (non-hydrogen) atoms. The molecule has 0 aromatic carbocycles. The molecule has 1 N–H and O–H groups in total. The molecule has 0 unspecified atom stereocenters. The van der Waals surface area contributed by atoms with Gasteiger partial charge in [0, 0.05) is 12.5 Å². The van der Waals surface area contributed by atoms with Gasteiger partial charge in [-0.25, -0.2) is 0 Å². The van der Waals surface area contributed by atoms with Gasteiger partial charge in [0.1, 0.15) is 0 Å². The summed E-state index contributed by atoms with van der Waals surface area (Å²) >= 11 is 0. The van der Waals surface area contributed by atoms with Crippen LogP contribution in [0.2, 0.25) is 0 Å². The normalized spacial score (nSPS) is 36.0. The van der Waals surface area contributed by atoms with Crippen LogP contribution in [0.4, 0.5) is 0 Å². The molecule has 0 bridgehead atoms. The summed E-state index contributed by atoms with van der Waals surface area (Å²) in [5.74, 6) is -1.12. The van der Waals surface area contributed by atoms with Gasteiger partial charge in [0.25, 0.3) is 0 Å². The zero-order chi connectivity index (χ0) is 14.0. The van der Waals surface area contributed by atoms with Gasteiger partial charge >= 0.3 is 5.97 Å². The van der Waals surface area contributed by atoms with Gasteiger partial charge < -0.3 is 14.7 Å². The number of carboxylic acid groups (broad SMARTS) is 1. The number of ether oxygens (including phenoxy) is 1. The standard InChI is InChI=1S/C14H23NO4/c1-9-8-19-10(2)7-15(9)13(16)11-4-3-5-12(6-11)14(17)18/h9-12H,3-8H2,1-2H3,(H,17,18)/t9-,10+,11+,12-/m0/s1. The predicted molar refractivity (Wildman–Crippen MR) is 69.7 cm³/mol. The zero-order valence-electron chi connectivity index (χ0n) is 11.7. The fourth-order valence-corrected chi connectivity index (χ4v) is 3.08. The summed E-state index contributed by atoms with van der Waals surface area (Å²) in [6.45, 7) is 5.14. The van der Waals surface area contributed by atoms with Crippen molar-refractivity contribution in [2.45, 2.75) is 51.7 Å². The highest BCUT2D eigenvalue weighted by Gasteiger charge is 2.36. The lowest BCUT2D eigenvalue weighted by Gasteiger charge is -2.40. The first-order valence-electron chi connectivity index (χ1n) is 7.14. The molecule has 1 aliphatic carbocycles. The molecular formula is C14H23NO4. The molecule has 1 aliphatic heterocycles. The summed E-state index contributed by atoms with van der Waals surface area (Å²) in [6.07, 6.45) is 2.92. The van der Waals surface area contributed by atoms with Crippen molar-refractivity contribution in [3.8, 4) is 0 Å². The summed E-state index contributed by atoms with van der Waals surface area (Å²) < 4.78 is 5.53. The monoisotopic (exact) mass is 269 g/mol. The quantitative estimate of drug-likeness (QED) is 0.825. The second-order valence-corrected chi connectivity index (χ2v) is 5.88. The van der Waals surface area contributed by atoms with Crippen LogP contribution in [0, 0.1) is 11.8 Å². The summed E-state index contributed by atoms with van der Waals surface area (Å²) in [5.41, 5.74) is 0. The van der Waals surface area contributed by atoms with Crippen LogP contribution in [0.1, 0.15) is 39.5 Å². The van der Waals surface area contributed by atoms with Gasteiger partial charge in [-0.05, 0) is 33.1 Å². The van der Waals surface area contributed by atoms with E-state index in [4.69, 9.17) is 9.84 Å². The number of hydrogen-bond donors (Lipinski definition) is 1. The van der Waals surface area contributed by atoms with E-state index in [1.54, 1.807) is 0 Å². The van der Waals surface area contributed by atoms with Crippen molar-refractivity contribution in [2.24, 2.45) is 11.8 Å². The Morgan fingerprint density at radius 1 is 1.21 bits per heavy atom. The SMILES string of the molecule is C[C@@H]1CN(C(=O)[C@@H]2CCC[C@H](C(=O)O)C2)[C@@H](C)CO1. The number of carbonyl (C=O) groups is 2. The predicted octanol–water partition coefficient (Wildman–Crippen LogP) is 1.51. The zero-order valence-corrected chi connectivity index (χ0v) is 11.7. The topological polar surface area (TPSA) is 66.8 Å². The Morgan fingerprint density at radius 3 is 2.58 bits per heavy atom. The third-order valence-corrected chi connectivity index (χ3v) is 4.26. The molecule has 1 heterocycles. The highest BCUT2D eigenvalue weighted by molar-refractivity contribution is 5.80. The van der Waals surface area contributed by atoms with Gasteiger partial charge in [0.05, 0.1) is 24.7 Å². The number of hydrogen-bond acceptors (Lipinski definition) is 3. The number of nitrogens with zero attached hydrogens (tertiary/aromatic N) is 1. The van der Waals surface area contributed by atoms with Gasteiger partial charge in [0.15, 0.2) is 0 Å².